The molecule has 0 amide bonds. The Kier molecular flexibility index (Phi) is 55.9. The maximum atomic E-state index is 12.9. The average Bonchev–Trinajstić information content (AvgIpc) is 3.36. The molecule has 0 aliphatic heterocycles. The number of hydrogen-bond acceptors (Lipinski definition) is 6. The Morgan fingerprint density at radius 3 is 0.722 bits per heavy atom. The van der Waals surface area contributed by atoms with Crippen LogP contribution < -0.4 is 0 Å². The molecule has 0 aromatic rings. The van der Waals surface area contributed by atoms with E-state index in [0.717, 1.165) is 75.5 Å². The van der Waals surface area contributed by atoms with Gasteiger partial charge in [0.05, 0.1) is 0 Å². The molecule has 1 unspecified atom stereocenters. The van der Waals surface area contributed by atoms with Crippen molar-refractivity contribution < 1.29 is 28.6 Å². The summed E-state index contributed by atoms with van der Waals surface area (Å²) in [5.41, 5.74) is 0. The van der Waals surface area contributed by atoms with Gasteiger partial charge in [0.15, 0.2) is 6.10 Å². The van der Waals surface area contributed by atoms with Crippen LogP contribution in [0.2, 0.25) is 0 Å². The molecule has 6 nitrogen and oxygen atoms in total. The van der Waals surface area contributed by atoms with Crippen LogP contribution in [0.1, 0.15) is 369 Å². The highest BCUT2D eigenvalue weighted by Crippen LogP contribution is 2.20. The molecule has 0 aliphatic rings. The Bertz CT molecular complexity index is 1120. The molecule has 0 rings (SSSR count). The van der Waals surface area contributed by atoms with Gasteiger partial charge in [0.1, 0.15) is 13.2 Å². The summed E-state index contributed by atoms with van der Waals surface area (Å²) in [7, 11) is 0. The number of unbranched alkanes of at least 4 members (excludes halogenated alkanes) is 41. The fourth-order valence-electron chi connectivity index (χ4n) is 10.2. The predicted octanol–water partition coefficient (Wildman–Crippen LogP) is 21.8. The summed E-state index contributed by atoms with van der Waals surface area (Å²) in [6.07, 6.45) is 62.4. The van der Waals surface area contributed by atoms with Crippen LogP contribution in [0, 0.1) is 17.8 Å². The molecule has 0 N–H and O–H groups in total. The van der Waals surface area contributed by atoms with Crippen LogP contribution >= 0.6 is 0 Å². The molecule has 6 heteroatoms. The number of ether oxygens (including phenoxy) is 3. The Morgan fingerprint density at radius 2 is 0.486 bits per heavy atom. The van der Waals surface area contributed by atoms with Crippen molar-refractivity contribution in [1.82, 2.24) is 0 Å². The van der Waals surface area contributed by atoms with Crippen LogP contribution in [0.4, 0.5) is 0 Å². The van der Waals surface area contributed by atoms with Crippen LogP contribution in [0.5, 0.6) is 0 Å². The van der Waals surface area contributed by atoms with Gasteiger partial charge >= 0.3 is 17.9 Å². The van der Waals surface area contributed by atoms with E-state index in [2.05, 4.69) is 41.5 Å². The summed E-state index contributed by atoms with van der Waals surface area (Å²) in [6.45, 7) is 13.8. The van der Waals surface area contributed by atoms with Gasteiger partial charge < -0.3 is 14.2 Å². The van der Waals surface area contributed by atoms with Gasteiger partial charge in [0.2, 0.25) is 0 Å². The molecule has 0 aromatic heterocycles. The summed E-state index contributed by atoms with van der Waals surface area (Å²) < 4.78 is 17.0. The summed E-state index contributed by atoms with van der Waals surface area (Å²) in [4.78, 5) is 38.3. The second-order valence-corrected chi connectivity index (χ2v) is 24.0. The number of esters is 3. The van der Waals surface area contributed by atoms with Gasteiger partial charge in [-0.25, -0.2) is 0 Å². The zero-order chi connectivity index (χ0) is 52.6. The Morgan fingerprint density at radius 1 is 0.278 bits per heavy atom. The molecule has 0 saturated carbocycles. The maximum Gasteiger partial charge on any atom is 0.306 e. The minimum Gasteiger partial charge on any atom is -0.462 e. The lowest BCUT2D eigenvalue weighted by atomic mass is 9.99. The van der Waals surface area contributed by atoms with E-state index in [9.17, 15) is 14.4 Å². The second kappa shape index (κ2) is 57.1. The Balaban J connectivity index is 4.26. The van der Waals surface area contributed by atoms with Crippen molar-refractivity contribution in [3.63, 3.8) is 0 Å². The molecule has 0 aromatic carbocycles. The lowest BCUT2D eigenvalue weighted by molar-refractivity contribution is -0.167. The van der Waals surface area contributed by atoms with Gasteiger partial charge in [0, 0.05) is 19.3 Å². The van der Waals surface area contributed by atoms with Crippen LogP contribution in [0.25, 0.3) is 0 Å². The highest BCUT2D eigenvalue weighted by molar-refractivity contribution is 5.71. The Labute approximate surface area is 450 Å². The number of hydrogen-bond donors (Lipinski definition) is 0. The van der Waals surface area contributed by atoms with Gasteiger partial charge in [-0.1, -0.05) is 330 Å². The summed E-state index contributed by atoms with van der Waals surface area (Å²) >= 11 is 0. The molecular weight excluding hydrogens is 889 g/mol. The first-order valence-electron chi connectivity index (χ1n) is 32.6. The van der Waals surface area contributed by atoms with Gasteiger partial charge in [-0.05, 0) is 37.0 Å². The summed E-state index contributed by atoms with van der Waals surface area (Å²) in [5, 5.41) is 0. The van der Waals surface area contributed by atoms with Gasteiger partial charge in [-0.15, -0.1) is 0 Å². The number of carbonyl (C=O) groups excluding carboxylic acids is 3. The van der Waals surface area contributed by atoms with E-state index in [4.69, 9.17) is 14.2 Å². The first-order valence-corrected chi connectivity index (χ1v) is 32.6. The predicted molar refractivity (Wildman–Crippen MR) is 312 cm³/mol. The Hall–Kier alpha value is -1.59. The van der Waals surface area contributed by atoms with Crippen LogP contribution in [0.15, 0.2) is 0 Å². The van der Waals surface area contributed by atoms with Gasteiger partial charge in [-0.2, -0.15) is 0 Å². The molecule has 0 heterocycles. The van der Waals surface area contributed by atoms with Crippen molar-refractivity contribution in [3.8, 4) is 0 Å². The molecule has 72 heavy (non-hydrogen) atoms. The first-order chi connectivity index (χ1) is 35.1. The lowest BCUT2D eigenvalue weighted by Crippen LogP contribution is -2.30. The van der Waals surface area contributed by atoms with Crippen molar-refractivity contribution in [3.05, 3.63) is 0 Å². The molecule has 0 fully saturated rings. The topological polar surface area (TPSA) is 78.9 Å². The van der Waals surface area contributed by atoms with Crippen molar-refractivity contribution in [1.29, 1.82) is 0 Å². The highest BCUT2D eigenvalue weighted by Gasteiger charge is 2.19. The molecule has 0 saturated heterocycles. The normalized spacial score (nSPS) is 12.5. The van der Waals surface area contributed by atoms with E-state index in [1.54, 1.807) is 0 Å². The van der Waals surface area contributed by atoms with Crippen LogP contribution in [-0.4, -0.2) is 37.2 Å². The fraction of sp³-hybridized carbons (Fsp3) is 0.955. The second-order valence-electron chi connectivity index (χ2n) is 24.0. The van der Waals surface area contributed by atoms with Crippen molar-refractivity contribution in [2.45, 2.75) is 375 Å². The standard InChI is InChI=1S/C66H128O6/c1-7-62(6)54-48-42-36-30-24-17-12-10-8-9-11-13-18-25-31-37-43-49-55-64(67)70-58-63(59-71-65(68)56-50-44-38-32-26-21-20-23-29-35-41-47-53-61(4)5)72-66(69)57-51-45-39-33-27-19-15-14-16-22-28-34-40-46-52-60(2)3/h60-63H,7-59H2,1-6H3/t62?,63-/m1/s1. The molecule has 2 atom stereocenters. The van der Waals surface area contributed by atoms with Crippen molar-refractivity contribution in [2.24, 2.45) is 17.8 Å². The van der Waals surface area contributed by atoms with E-state index in [-0.39, 0.29) is 31.1 Å². The minimum absolute atomic E-state index is 0.0625. The molecule has 0 bridgehead atoms. The smallest absolute Gasteiger partial charge is 0.306 e. The van der Waals surface area contributed by atoms with Crippen LogP contribution in [0.3, 0.4) is 0 Å². The lowest BCUT2D eigenvalue weighted by Gasteiger charge is -2.18. The molecule has 0 spiro atoms. The number of carbonyl (C=O) groups is 3. The largest absolute Gasteiger partial charge is 0.462 e. The third-order valence-electron chi connectivity index (χ3n) is 15.5. The van der Waals surface area contributed by atoms with E-state index < -0.39 is 6.10 Å². The van der Waals surface area contributed by atoms with Gasteiger partial charge in [-0.3, -0.25) is 14.4 Å². The van der Waals surface area contributed by atoms with Gasteiger partial charge in [0.25, 0.3) is 0 Å². The molecule has 0 radical (unpaired) electrons. The van der Waals surface area contributed by atoms with E-state index in [1.807, 2.05) is 0 Å². The quantitative estimate of drug-likeness (QED) is 0.0343. The molecular formula is C66H128O6. The fourth-order valence-corrected chi connectivity index (χ4v) is 10.2. The highest BCUT2D eigenvalue weighted by atomic mass is 16.6. The molecule has 0 aliphatic carbocycles. The zero-order valence-electron chi connectivity index (χ0n) is 49.7. The minimum atomic E-state index is -0.765. The monoisotopic (exact) mass is 1020 g/mol. The third-order valence-corrected chi connectivity index (χ3v) is 15.5. The SMILES string of the molecule is CCC(C)CCCCCCCCCCCCCCCCCCCCC(=O)OC[C@H](COC(=O)CCCCCCCCCCCCCCC(C)C)OC(=O)CCCCCCCCCCCCCCCCC(C)C. The van der Waals surface area contributed by atoms with Crippen molar-refractivity contribution >= 4 is 17.9 Å². The third kappa shape index (κ3) is 57.7. The van der Waals surface area contributed by atoms with Crippen molar-refractivity contribution in [2.75, 3.05) is 13.2 Å². The van der Waals surface area contributed by atoms with Crippen LogP contribution in [-0.2, 0) is 28.6 Å². The van der Waals surface area contributed by atoms with E-state index >= 15 is 0 Å². The summed E-state index contributed by atoms with van der Waals surface area (Å²) in [5.74, 6) is 1.75. The molecule has 428 valence electrons. The summed E-state index contributed by atoms with van der Waals surface area (Å²) in [6, 6.07) is 0. The zero-order valence-corrected chi connectivity index (χ0v) is 49.7. The number of rotatable bonds is 59. The van der Waals surface area contributed by atoms with E-state index in [0.29, 0.717) is 19.3 Å². The van der Waals surface area contributed by atoms with E-state index in [1.165, 1.54) is 250 Å². The average molecular weight is 1020 g/mol. The first kappa shape index (κ1) is 70.4. The maximum absolute atomic E-state index is 12.9.